The first-order valence-electron chi connectivity index (χ1n) is 5.60. The molecule has 1 fully saturated rings. The van der Waals surface area contributed by atoms with Crippen LogP contribution in [-0.4, -0.2) is 60.4 Å². The maximum Gasteiger partial charge on any atom is 0.0570 e. The van der Waals surface area contributed by atoms with Crippen molar-refractivity contribution >= 4 is 0 Å². The Kier molecular flexibility index (Phi) is 5.40. The lowest BCUT2D eigenvalue weighted by Crippen LogP contribution is -2.53. The first kappa shape index (κ1) is 11.9. The molecule has 1 rings (SSSR count). The fourth-order valence-corrected chi connectivity index (χ4v) is 1.87. The van der Waals surface area contributed by atoms with E-state index in [2.05, 4.69) is 16.7 Å². The minimum absolute atomic E-state index is 0.231. The van der Waals surface area contributed by atoms with Crippen LogP contribution < -0.4 is 5.73 Å². The lowest BCUT2D eigenvalue weighted by atomic mass is 10.2. The molecule has 0 radical (unpaired) electrons. The predicted molar refractivity (Wildman–Crippen MR) is 58.0 cm³/mol. The van der Waals surface area contributed by atoms with Crippen LogP contribution in [0.25, 0.3) is 0 Å². The molecule has 1 heterocycles. The number of nitrogens with two attached hydrogens (primary N) is 1. The number of aliphatic hydroxyl groups excluding tert-OH is 1. The zero-order valence-electron chi connectivity index (χ0n) is 9.15. The highest BCUT2D eigenvalue weighted by molar-refractivity contribution is 4.74. The van der Waals surface area contributed by atoms with E-state index in [1.165, 1.54) is 0 Å². The summed E-state index contributed by atoms with van der Waals surface area (Å²) in [7, 11) is 0. The minimum atomic E-state index is 0.231. The Balaban J connectivity index is 2.17. The number of nitrogens with zero attached hydrogens (tertiary/aromatic N) is 2. The maximum absolute atomic E-state index is 8.72. The van der Waals surface area contributed by atoms with Crippen LogP contribution in [0.2, 0.25) is 0 Å². The van der Waals surface area contributed by atoms with Crippen molar-refractivity contribution in [3.63, 3.8) is 0 Å². The summed E-state index contributed by atoms with van der Waals surface area (Å²) in [6.45, 7) is 7.77. The molecule has 3 N–H and O–H groups in total. The fraction of sp³-hybridized carbons (Fsp3) is 1.00. The Bertz CT molecular complexity index is 146. The van der Waals surface area contributed by atoms with Crippen LogP contribution in [0.5, 0.6) is 0 Å². The van der Waals surface area contributed by atoms with Gasteiger partial charge in [0.2, 0.25) is 0 Å². The van der Waals surface area contributed by atoms with Crippen molar-refractivity contribution in [2.75, 3.05) is 39.3 Å². The molecule has 0 aromatic rings. The van der Waals surface area contributed by atoms with Crippen LogP contribution in [0.15, 0.2) is 0 Å². The van der Waals surface area contributed by atoms with E-state index in [0.717, 1.165) is 45.6 Å². The van der Waals surface area contributed by atoms with E-state index in [9.17, 15) is 0 Å². The largest absolute Gasteiger partial charge is 0.396 e. The molecule has 4 nitrogen and oxygen atoms in total. The van der Waals surface area contributed by atoms with Gasteiger partial charge in [-0.1, -0.05) is 6.92 Å². The summed E-state index contributed by atoms with van der Waals surface area (Å²) in [5.41, 5.74) is 5.96. The van der Waals surface area contributed by atoms with Crippen molar-refractivity contribution < 1.29 is 5.11 Å². The molecule has 1 saturated heterocycles. The summed E-state index contributed by atoms with van der Waals surface area (Å²) in [5, 5.41) is 8.72. The SMILES string of the molecule is CCC(N)N1CCN(CCCO)CC1. The average Bonchev–Trinajstić information content (AvgIpc) is 2.26. The Morgan fingerprint density at radius 1 is 1.29 bits per heavy atom. The molecule has 0 aliphatic carbocycles. The molecule has 0 spiro atoms. The van der Waals surface area contributed by atoms with Crippen LogP contribution in [-0.2, 0) is 0 Å². The molecule has 14 heavy (non-hydrogen) atoms. The molecule has 1 aliphatic heterocycles. The van der Waals surface area contributed by atoms with Crippen molar-refractivity contribution in [2.45, 2.75) is 25.9 Å². The van der Waals surface area contributed by atoms with Gasteiger partial charge in [0.1, 0.15) is 0 Å². The van der Waals surface area contributed by atoms with Crippen LogP contribution in [0, 0.1) is 0 Å². The number of hydrogen-bond acceptors (Lipinski definition) is 4. The van der Waals surface area contributed by atoms with Gasteiger partial charge < -0.3 is 15.7 Å². The van der Waals surface area contributed by atoms with E-state index in [0.29, 0.717) is 6.61 Å². The van der Waals surface area contributed by atoms with E-state index in [1.54, 1.807) is 0 Å². The summed E-state index contributed by atoms with van der Waals surface area (Å²) in [4.78, 5) is 4.74. The van der Waals surface area contributed by atoms with Crippen molar-refractivity contribution in [1.29, 1.82) is 0 Å². The van der Waals surface area contributed by atoms with E-state index in [1.807, 2.05) is 0 Å². The zero-order chi connectivity index (χ0) is 10.4. The third-order valence-corrected chi connectivity index (χ3v) is 2.93. The smallest absolute Gasteiger partial charge is 0.0570 e. The van der Waals surface area contributed by atoms with Gasteiger partial charge in [0.25, 0.3) is 0 Å². The van der Waals surface area contributed by atoms with Crippen molar-refractivity contribution in [1.82, 2.24) is 9.80 Å². The summed E-state index contributed by atoms with van der Waals surface area (Å²) in [6, 6.07) is 0. The molecular weight excluding hydrogens is 178 g/mol. The summed E-state index contributed by atoms with van der Waals surface area (Å²) in [6.07, 6.45) is 2.14. The molecule has 4 heteroatoms. The van der Waals surface area contributed by atoms with Crippen LogP contribution >= 0.6 is 0 Å². The van der Waals surface area contributed by atoms with Gasteiger partial charge in [0.15, 0.2) is 0 Å². The second-order valence-corrected chi connectivity index (χ2v) is 3.93. The molecule has 0 bridgehead atoms. The van der Waals surface area contributed by atoms with Crippen molar-refractivity contribution in [3.05, 3.63) is 0 Å². The fourth-order valence-electron chi connectivity index (χ4n) is 1.87. The lowest BCUT2D eigenvalue weighted by molar-refractivity contribution is 0.0916. The highest BCUT2D eigenvalue weighted by Crippen LogP contribution is 2.05. The number of aliphatic hydroxyl groups is 1. The molecule has 1 atom stereocenters. The van der Waals surface area contributed by atoms with Crippen LogP contribution in [0.3, 0.4) is 0 Å². The molecular formula is C10H23N3O. The highest BCUT2D eigenvalue weighted by atomic mass is 16.3. The number of hydrogen-bond donors (Lipinski definition) is 2. The molecule has 1 aliphatic rings. The highest BCUT2D eigenvalue weighted by Gasteiger charge is 2.19. The number of rotatable bonds is 5. The first-order valence-corrected chi connectivity index (χ1v) is 5.60. The van der Waals surface area contributed by atoms with Crippen LogP contribution in [0.4, 0.5) is 0 Å². The van der Waals surface area contributed by atoms with Crippen molar-refractivity contribution in [3.8, 4) is 0 Å². The van der Waals surface area contributed by atoms with Gasteiger partial charge in [0.05, 0.1) is 6.17 Å². The van der Waals surface area contributed by atoms with Gasteiger partial charge in [0, 0.05) is 39.3 Å². The zero-order valence-corrected chi connectivity index (χ0v) is 9.15. The average molecular weight is 201 g/mol. The van der Waals surface area contributed by atoms with E-state index in [4.69, 9.17) is 10.8 Å². The Hall–Kier alpha value is -0.160. The molecule has 0 aromatic carbocycles. The summed E-state index contributed by atoms with van der Waals surface area (Å²) < 4.78 is 0. The maximum atomic E-state index is 8.72. The Morgan fingerprint density at radius 3 is 2.43 bits per heavy atom. The van der Waals surface area contributed by atoms with Gasteiger partial charge >= 0.3 is 0 Å². The molecule has 0 saturated carbocycles. The van der Waals surface area contributed by atoms with Gasteiger partial charge in [-0.15, -0.1) is 0 Å². The summed E-state index contributed by atoms with van der Waals surface area (Å²) in [5.74, 6) is 0. The minimum Gasteiger partial charge on any atom is -0.396 e. The van der Waals surface area contributed by atoms with Crippen LogP contribution in [0.1, 0.15) is 19.8 Å². The third-order valence-electron chi connectivity index (χ3n) is 2.93. The monoisotopic (exact) mass is 201 g/mol. The van der Waals surface area contributed by atoms with Gasteiger partial charge in [-0.2, -0.15) is 0 Å². The normalized spacial score (nSPS) is 22.5. The first-order chi connectivity index (χ1) is 6.77. The van der Waals surface area contributed by atoms with E-state index >= 15 is 0 Å². The second-order valence-electron chi connectivity index (χ2n) is 3.93. The Labute approximate surface area is 86.7 Å². The standard InChI is InChI=1S/C10H23N3O/c1-2-10(11)13-7-5-12(6-8-13)4-3-9-14/h10,14H,2-9,11H2,1H3. The predicted octanol–water partition coefficient (Wildman–Crippen LogP) is -0.319. The molecule has 84 valence electrons. The molecule has 1 unspecified atom stereocenters. The summed E-state index contributed by atoms with van der Waals surface area (Å²) >= 11 is 0. The second kappa shape index (κ2) is 6.35. The third kappa shape index (κ3) is 3.53. The van der Waals surface area contributed by atoms with Gasteiger partial charge in [-0.3, -0.25) is 4.90 Å². The quantitative estimate of drug-likeness (QED) is 0.640. The van der Waals surface area contributed by atoms with Gasteiger partial charge in [-0.05, 0) is 12.8 Å². The number of piperazine rings is 1. The Morgan fingerprint density at radius 2 is 1.93 bits per heavy atom. The van der Waals surface area contributed by atoms with Gasteiger partial charge in [-0.25, -0.2) is 0 Å². The van der Waals surface area contributed by atoms with Crippen molar-refractivity contribution in [2.24, 2.45) is 5.73 Å². The van der Waals surface area contributed by atoms with E-state index < -0.39 is 0 Å². The van der Waals surface area contributed by atoms with E-state index in [-0.39, 0.29) is 6.17 Å². The topological polar surface area (TPSA) is 52.7 Å². The lowest BCUT2D eigenvalue weighted by Gasteiger charge is -2.37. The molecule has 0 aromatic heterocycles. The molecule has 0 amide bonds.